The Balaban J connectivity index is 1.89. The first-order valence-electron chi connectivity index (χ1n) is 11.1. The standard InChI is InChI=1S/C25H25ClO6S2/c1-3-31-24(27)22-18-14-19(15-10-12-17(26)13-11-15)33-21(18)20(16-8-6-5-7-9-16)23(34(22,29)30)25(28)32-4-2/h5-13,19-20,22-23H,3-4,14H2,1-2H3/t19-,20-,22-,23-/m1/s1. The van der Waals surface area contributed by atoms with Crippen molar-refractivity contribution in [2.24, 2.45) is 0 Å². The summed E-state index contributed by atoms with van der Waals surface area (Å²) >= 11 is 7.55. The molecule has 34 heavy (non-hydrogen) atoms. The second-order valence-electron chi connectivity index (χ2n) is 8.03. The Bertz CT molecular complexity index is 1210. The van der Waals surface area contributed by atoms with Gasteiger partial charge in [-0.1, -0.05) is 54.1 Å². The number of halogens is 1. The molecule has 0 unspecified atom stereocenters. The molecule has 0 saturated heterocycles. The summed E-state index contributed by atoms with van der Waals surface area (Å²) in [7, 11) is -4.31. The number of allylic oxidation sites excluding steroid dienone is 1. The quantitative estimate of drug-likeness (QED) is 0.503. The first-order valence-corrected chi connectivity index (χ1v) is 13.9. The third kappa shape index (κ3) is 4.51. The highest BCUT2D eigenvalue weighted by Crippen LogP contribution is 2.58. The van der Waals surface area contributed by atoms with E-state index in [1.807, 2.05) is 18.2 Å². The van der Waals surface area contributed by atoms with Crippen molar-refractivity contribution in [2.45, 2.75) is 41.9 Å². The van der Waals surface area contributed by atoms with Crippen molar-refractivity contribution in [3.8, 4) is 0 Å². The molecule has 0 spiro atoms. The van der Waals surface area contributed by atoms with E-state index in [2.05, 4.69) is 0 Å². The van der Waals surface area contributed by atoms with E-state index < -0.39 is 38.2 Å². The molecule has 0 radical (unpaired) electrons. The molecule has 0 amide bonds. The number of hydrogen-bond acceptors (Lipinski definition) is 7. The van der Waals surface area contributed by atoms with E-state index in [4.69, 9.17) is 21.1 Å². The summed E-state index contributed by atoms with van der Waals surface area (Å²) in [5.41, 5.74) is 2.14. The molecule has 0 fully saturated rings. The maximum Gasteiger partial charge on any atom is 0.328 e. The van der Waals surface area contributed by atoms with Crippen molar-refractivity contribution in [3.05, 3.63) is 81.2 Å². The van der Waals surface area contributed by atoms with Crippen LogP contribution in [0.4, 0.5) is 0 Å². The molecule has 0 bridgehead atoms. The molecule has 2 aliphatic heterocycles. The van der Waals surface area contributed by atoms with Crippen molar-refractivity contribution >= 4 is 45.1 Å². The van der Waals surface area contributed by atoms with Crippen LogP contribution in [0.5, 0.6) is 0 Å². The van der Waals surface area contributed by atoms with E-state index >= 15 is 0 Å². The normalized spacial score (nSPS) is 25.5. The zero-order chi connectivity index (χ0) is 24.5. The fourth-order valence-corrected chi connectivity index (χ4v) is 8.77. The number of hydrogen-bond donors (Lipinski definition) is 0. The van der Waals surface area contributed by atoms with E-state index in [9.17, 15) is 18.0 Å². The number of carbonyl (C=O) groups excluding carboxylic acids is 2. The van der Waals surface area contributed by atoms with Gasteiger partial charge in [0.1, 0.15) is 0 Å². The van der Waals surface area contributed by atoms with Crippen LogP contribution in [0.3, 0.4) is 0 Å². The topological polar surface area (TPSA) is 86.7 Å². The van der Waals surface area contributed by atoms with Gasteiger partial charge in [0.2, 0.25) is 0 Å². The second kappa shape index (κ2) is 10.1. The van der Waals surface area contributed by atoms with Crippen LogP contribution in [0.15, 0.2) is 65.1 Å². The second-order valence-corrected chi connectivity index (χ2v) is 11.9. The smallest absolute Gasteiger partial charge is 0.328 e. The van der Waals surface area contributed by atoms with Crippen molar-refractivity contribution < 1.29 is 27.5 Å². The molecule has 4 atom stereocenters. The number of sulfone groups is 1. The van der Waals surface area contributed by atoms with Crippen molar-refractivity contribution in [3.63, 3.8) is 0 Å². The van der Waals surface area contributed by atoms with E-state index in [1.54, 1.807) is 50.2 Å². The van der Waals surface area contributed by atoms with Gasteiger partial charge in [-0.25, -0.2) is 8.42 Å². The van der Waals surface area contributed by atoms with Crippen LogP contribution in [-0.2, 0) is 28.9 Å². The van der Waals surface area contributed by atoms with Gasteiger partial charge in [0.15, 0.2) is 20.3 Å². The number of benzene rings is 2. The Morgan fingerprint density at radius 1 is 0.941 bits per heavy atom. The number of ether oxygens (including phenoxy) is 2. The number of esters is 2. The minimum absolute atomic E-state index is 0.0306. The zero-order valence-corrected chi connectivity index (χ0v) is 21.2. The van der Waals surface area contributed by atoms with Gasteiger partial charge in [-0.2, -0.15) is 0 Å². The minimum atomic E-state index is -4.31. The largest absolute Gasteiger partial charge is 0.465 e. The molecular weight excluding hydrogens is 496 g/mol. The molecular formula is C25H25ClO6S2. The summed E-state index contributed by atoms with van der Waals surface area (Å²) in [6.07, 6.45) is 0.350. The van der Waals surface area contributed by atoms with E-state index in [0.717, 1.165) is 10.5 Å². The molecule has 4 rings (SSSR count). The predicted octanol–water partition coefficient (Wildman–Crippen LogP) is 4.85. The molecule has 180 valence electrons. The fourth-order valence-electron chi connectivity index (χ4n) is 4.59. The van der Waals surface area contributed by atoms with Gasteiger partial charge in [-0.3, -0.25) is 9.59 Å². The lowest BCUT2D eigenvalue weighted by atomic mass is 9.89. The molecule has 9 heteroatoms. The maximum atomic E-state index is 13.9. The number of rotatable bonds is 6. The van der Waals surface area contributed by atoms with Gasteiger partial charge in [-0.05, 0) is 54.0 Å². The average Bonchev–Trinajstić information content (AvgIpc) is 3.23. The molecule has 2 aromatic rings. The van der Waals surface area contributed by atoms with Gasteiger partial charge in [0, 0.05) is 16.2 Å². The maximum absolute atomic E-state index is 13.9. The number of carbonyl (C=O) groups is 2. The van der Waals surface area contributed by atoms with Crippen molar-refractivity contribution in [2.75, 3.05) is 13.2 Å². The Morgan fingerprint density at radius 3 is 2.18 bits per heavy atom. The Labute approximate surface area is 208 Å². The highest BCUT2D eigenvalue weighted by molar-refractivity contribution is 8.04. The van der Waals surface area contributed by atoms with Gasteiger partial charge in [0.25, 0.3) is 0 Å². The third-order valence-corrected chi connectivity index (χ3v) is 10.0. The summed E-state index contributed by atoms with van der Waals surface area (Å²) in [6.45, 7) is 3.31. The zero-order valence-electron chi connectivity index (χ0n) is 18.8. The Morgan fingerprint density at radius 2 is 1.56 bits per heavy atom. The first-order chi connectivity index (χ1) is 16.3. The van der Waals surface area contributed by atoms with E-state index in [0.29, 0.717) is 22.6 Å². The molecule has 0 aliphatic carbocycles. The van der Waals surface area contributed by atoms with Crippen LogP contribution in [0.1, 0.15) is 42.6 Å². The van der Waals surface area contributed by atoms with Crippen molar-refractivity contribution in [1.82, 2.24) is 0 Å². The average molecular weight is 521 g/mol. The van der Waals surface area contributed by atoms with Gasteiger partial charge in [-0.15, -0.1) is 11.8 Å². The molecule has 6 nitrogen and oxygen atoms in total. The molecule has 2 aliphatic rings. The van der Waals surface area contributed by atoms with Crippen LogP contribution in [0, 0.1) is 0 Å². The van der Waals surface area contributed by atoms with Gasteiger partial charge < -0.3 is 9.47 Å². The predicted molar refractivity (Wildman–Crippen MR) is 132 cm³/mol. The molecule has 0 N–H and O–H groups in total. The SMILES string of the molecule is CCOC(=O)[C@H]1C2=C(S[C@@H](c3ccc(Cl)cc3)C2)[C@@H](c2ccccc2)[C@H](C(=O)OCC)S1(=O)=O. The molecule has 0 saturated carbocycles. The highest BCUT2D eigenvalue weighted by Gasteiger charge is 2.58. The summed E-state index contributed by atoms with van der Waals surface area (Å²) in [5, 5.41) is -2.61. The summed E-state index contributed by atoms with van der Waals surface area (Å²) in [5.74, 6) is -2.48. The first kappa shape index (κ1) is 24.8. The Kier molecular flexibility index (Phi) is 7.40. The molecule has 2 aromatic carbocycles. The van der Waals surface area contributed by atoms with Crippen LogP contribution < -0.4 is 0 Å². The van der Waals surface area contributed by atoms with Gasteiger partial charge >= 0.3 is 11.9 Å². The van der Waals surface area contributed by atoms with Crippen LogP contribution >= 0.6 is 23.4 Å². The summed E-state index contributed by atoms with van der Waals surface area (Å²) in [4.78, 5) is 26.8. The third-order valence-electron chi connectivity index (χ3n) is 6.00. The lowest BCUT2D eigenvalue weighted by Crippen LogP contribution is -2.50. The summed E-state index contributed by atoms with van der Waals surface area (Å²) in [6, 6.07) is 16.4. The highest BCUT2D eigenvalue weighted by atomic mass is 35.5. The fraction of sp³-hybridized carbons (Fsp3) is 0.360. The molecule has 2 heterocycles. The minimum Gasteiger partial charge on any atom is -0.465 e. The summed E-state index contributed by atoms with van der Waals surface area (Å²) < 4.78 is 38.2. The van der Waals surface area contributed by atoms with Crippen LogP contribution in [0.2, 0.25) is 5.02 Å². The molecule has 0 aromatic heterocycles. The van der Waals surface area contributed by atoms with Crippen LogP contribution in [0.25, 0.3) is 0 Å². The lowest BCUT2D eigenvalue weighted by molar-refractivity contribution is -0.142. The lowest BCUT2D eigenvalue weighted by Gasteiger charge is -2.35. The van der Waals surface area contributed by atoms with Crippen LogP contribution in [-0.4, -0.2) is 44.1 Å². The number of thioether (sulfide) groups is 1. The monoisotopic (exact) mass is 520 g/mol. The van der Waals surface area contributed by atoms with E-state index in [1.165, 1.54) is 11.8 Å². The van der Waals surface area contributed by atoms with Gasteiger partial charge in [0.05, 0.1) is 13.2 Å². The van der Waals surface area contributed by atoms with E-state index in [-0.39, 0.29) is 18.5 Å². The Hall–Kier alpha value is -2.29. The van der Waals surface area contributed by atoms with Crippen molar-refractivity contribution in [1.29, 1.82) is 0 Å².